The van der Waals surface area contributed by atoms with Gasteiger partial charge in [0, 0.05) is 16.1 Å². The van der Waals surface area contributed by atoms with Gasteiger partial charge in [-0.2, -0.15) is 5.10 Å². The van der Waals surface area contributed by atoms with Gasteiger partial charge >= 0.3 is 0 Å². The number of nitrogens with zero attached hydrogens (tertiary/aromatic N) is 3. The van der Waals surface area contributed by atoms with Crippen molar-refractivity contribution in [1.82, 2.24) is 14.8 Å². The number of benzene rings is 1. The Morgan fingerprint density at radius 1 is 1.16 bits per heavy atom. The zero-order chi connectivity index (χ0) is 13.4. The second-order valence-corrected chi connectivity index (χ2v) is 5.85. The number of anilines is 1. The highest BCUT2D eigenvalue weighted by Gasteiger charge is 2.09. The lowest BCUT2D eigenvalue weighted by molar-refractivity contribution is 0.699. The fourth-order valence-electron chi connectivity index (χ4n) is 1.98. The number of fused-ring (bicyclic) bond motifs is 1. The van der Waals surface area contributed by atoms with Gasteiger partial charge in [0.05, 0.1) is 22.7 Å². The molecule has 3 aromatic rings. The summed E-state index contributed by atoms with van der Waals surface area (Å²) in [4.78, 5) is 4.45. The van der Waals surface area contributed by atoms with Crippen LogP contribution in [0, 0.1) is 0 Å². The van der Waals surface area contributed by atoms with E-state index in [4.69, 9.17) is 5.73 Å². The largest absolute Gasteiger partial charge is 0.383 e. The van der Waals surface area contributed by atoms with Gasteiger partial charge in [-0.25, -0.2) is 4.68 Å². The van der Waals surface area contributed by atoms with E-state index in [1.165, 1.54) is 0 Å². The highest BCUT2D eigenvalue weighted by Crippen LogP contribution is 2.27. The number of hydrogen-bond donors (Lipinski definition) is 1. The minimum Gasteiger partial charge on any atom is -0.383 e. The normalized spacial score (nSPS) is 11.1. The average molecular weight is 382 g/mol. The number of pyridine rings is 1. The molecule has 0 bridgehead atoms. The summed E-state index contributed by atoms with van der Waals surface area (Å²) < 4.78 is 3.59. The molecule has 2 N–H and O–H groups in total. The number of hydrogen-bond acceptors (Lipinski definition) is 3. The van der Waals surface area contributed by atoms with Crippen LogP contribution >= 0.6 is 31.9 Å². The molecule has 0 saturated carbocycles. The Hall–Kier alpha value is -1.40. The molecule has 19 heavy (non-hydrogen) atoms. The Bertz CT molecular complexity index is 751. The number of rotatable bonds is 2. The Morgan fingerprint density at radius 3 is 2.74 bits per heavy atom. The minimum absolute atomic E-state index is 0.595. The van der Waals surface area contributed by atoms with Gasteiger partial charge in [-0.3, -0.25) is 4.98 Å². The summed E-state index contributed by atoms with van der Waals surface area (Å²) in [6, 6.07) is 8.02. The molecule has 0 atom stereocenters. The van der Waals surface area contributed by atoms with Crippen molar-refractivity contribution in [2.45, 2.75) is 6.54 Å². The molecule has 0 aliphatic carbocycles. The third-order valence-electron chi connectivity index (χ3n) is 2.95. The lowest BCUT2D eigenvalue weighted by atomic mass is 10.1. The van der Waals surface area contributed by atoms with Gasteiger partial charge in [-0.05, 0) is 33.6 Å². The second-order valence-electron chi connectivity index (χ2n) is 4.14. The van der Waals surface area contributed by atoms with Crippen LogP contribution in [0.3, 0.4) is 0 Å². The van der Waals surface area contributed by atoms with Gasteiger partial charge in [-0.1, -0.05) is 28.1 Å². The van der Waals surface area contributed by atoms with Crippen molar-refractivity contribution >= 4 is 48.6 Å². The zero-order valence-electron chi connectivity index (χ0n) is 9.85. The van der Waals surface area contributed by atoms with Crippen molar-refractivity contribution in [3.8, 4) is 0 Å². The molecule has 6 heteroatoms. The Morgan fingerprint density at radius 2 is 2.00 bits per heavy atom. The molecule has 0 unspecified atom stereocenters. The van der Waals surface area contributed by atoms with Crippen molar-refractivity contribution in [3.63, 3.8) is 0 Å². The molecule has 2 aromatic heterocycles. The predicted molar refractivity (Wildman–Crippen MR) is 82.9 cm³/mol. The van der Waals surface area contributed by atoms with Gasteiger partial charge in [-0.15, -0.1) is 0 Å². The Balaban J connectivity index is 2.11. The van der Waals surface area contributed by atoms with Gasteiger partial charge in [0.1, 0.15) is 5.82 Å². The molecule has 3 rings (SSSR count). The molecule has 96 valence electrons. The van der Waals surface area contributed by atoms with Crippen LogP contribution < -0.4 is 5.73 Å². The van der Waals surface area contributed by atoms with E-state index in [1.54, 1.807) is 17.1 Å². The molecule has 1 aromatic carbocycles. The summed E-state index contributed by atoms with van der Waals surface area (Å²) in [5.41, 5.74) is 7.99. The van der Waals surface area contributed by atoms with Crippen molar-refractivity contribution in [2.24, 2.45) is 0 Å². The van der Waals surface area contributed by atoms with Crippen LogP contribution in [-0.2, 0) is 6.54 Å². The van der Waals surface area contributed by atoms with E-state index >= 15 is 0 Å². The monoisotopic (exact) mass is 380 g/mol. The molecule has 0 fully saturated rings. The molecule has 2 heterocycles. The van der Waals surface area contributed by atoms with Crippen LogP contribution in [0.15, 0.2) is 45.6 Å². The predicted octanol–water partition coefficient (Wildman–Crippen LogP) is 3.59. The quantitative estimate of drug-likeness (QED) is 0.737. The summed E-state index contributed by atoms with van der Waals surface area (Å²) >= 11 is 6.90. The maximum Gasteiger partial charge on any atom is 0.136 e. The number of nitrogen functional groups attached to an aromatic ring is 1. The molecular weight excluding hydrogens is 372 g/mol. The van der Waals surface area contributed by atoms with Crippen molar-refractivity contribution < 1.29 is 0 Å². The van der Waals surface area contributed by atoms with Crippen LogP contribution in [0.25, 0.3) is 10.9 Å². The van der Waals surface area contributed by atoms with E-state index in [-0.39, 0.29) is 0 Å². The maximum atomic E-state index is 5.95. The number of nitrogens with two attached hydrogens (primary N) is 1. The van der Waals surface area contributed by atoms with E-state index in [9.17, 15) is 0 Å². The average Bonchev–Trinajstić information content (AvgIpc) is 2.74. The van der Waals surface area contributed by atoms with Gasteiger partial charge in [0.2, 0.25) is 0 Å². The molecule has 0 aliphatic heterocycles. The highest BCUT2D eigenvalue weighted by atomic mass is 79.9. The van der Waals surface area contributed by atoms with Crippen LogP contribution in [0.5, 0.6) is 0 Å². The van der Waals surface area contributed by atoms with Crippen molar-refractivity contribution in [2.75, 3.05) is 5.73 Å². The first-order valence-corrected chi connectivity index (χ1v) is 7.24. The SMILES string of the molecule is Nc1c(Br)cnn1Cc1ccc(Br)c2cccnc12. The summed E-state index contributed by atoms with van der Waals surface area (Å²) in [6.07, 6.45) is 3.49. The van der Waals surface area contributed by atoms with Gasteiger partial charge in [0.25, 0.3) is 0 Å². The van der Waals surface area contributed by atoms with Crippen LogP contribution in [0.1, 0.15) is 5.56 Å². The molecule has 0 aliphatic rings. The van der Waals surface area contributed by atoms with Gasteiger partial charge in [0.15, 0.2) is 0 Å². The van der Waals surface area contributed by atoms with E-state index in [0.717, 1.165) is 25.4 Å². The van der Waals surface area contributed by atoms with E-state index in [0.29, 0.717) is 12.4 Å². The first-order chi connectivity index (χ1) is 9.16. The lowest BCUT2D eigenvalue weighted by Crippen LogP contribution is -2.06. The third-order valence-corrected chi connectivity index (χ3v) is 4.26. The molecule has 0 saturated heterocycles. The Labute approximate surface area is 126 Å². The topological polar surface area (TPSA) is 56.7 Å². The molecule has 4 nitrogen and oxygen atoms in total. The van der Waals surface area contributed by atoms with Gasteiger partial charge < -0.3 is 5.73 Å². The van der Waals surface area contributed by atoms with Crippen molar-refractivity contribution in [1.29, 1.82) is 0 Å². The third kappa shape index (κ3) is 2.26. The first kappa shape index (κ1) is 12.6. The Kier molecular flexibility index (Phi) is 3.28. The lowest BCUT2D eigenvalue weighted by Gasteiger charge is -2.08. The summed E-state index contributed by atoms with van der Waals surface area (Å²) in [5.74, 6) is 0.618. The summed E-state index contributed by atoms with van der Waals surface area (Å²) in [7, 11) is 0. The number of halogens is 2. The first-order valence-electron chi connectivity index (χ1n) is 5.65. The molecule has 0 spiro atoms. The summed E-state index contributed by atoms with van der Waals surface area (Å²) in [6.45, 7) is 0.595. The van der Waals surface area contributed by atoms with E-state index in [2.05, 4.69) is 41.9 Å². The summed E-state index contributed by atoms with van der Waals surface area (Å²) in [5, 5.41) is 5.33. The van der Waals surface area contributed by atoms with Crippen molar-refractivity contribution in [3.05, 3.63) is 51.2 Å². The highest BCUT2D eigenvalue weighted by molar-refractivity contribution is 9.11. The van der Waals surface area contributed by atoms with Crippen LogP contribution in [-0.4, -0.2) is 14.8 Å². The van der Waals surface area contributed by atoms with E-state index in [1.807, 2.05) is 24.3 Å². The smallest absolute Gasteiger partial charge is 0.136 e. The molecule has 0 radical (unpaired) electrons. The van der Waals surface area contributed by atoms with E-state index < -0.39 is 0 Å². The zero-order valence-corrected chi connectivity index (χ0v) is 13.0. The van der Waals surface area contributed by atoms with Crippen LogP contribution in [0.2, 0.25) is 0 Å². The standard InChI is InChI=1S/C13H10Br2N4/c14-10-4-3-8(12-9(10)2-1-5-17-12)7-19-13(16)11(15)6-18-19/h1-6H,7,16H2. The fourth-order valence-corrected chi connectivity index (χ4v) is 2.73. The number of aromatic nitrogens is 3. The minimum atomic E-state index is 0.595. The second kappa shape index (κ2) is 4.94. The molecule has 0 amide bonds. The van der Waals surface area contributed by atoms with Crippen LogP contribution in [0.4, 0.5) is 5.82 Å². The fraction of sp³-hybridized carbons (Fsp3) is 0.0769. The maximum absolute atomic E-state index is 5.95. The molecular formula is C13H10Br2N4.